The van der Waals surface area contributed by atoms with E-state index < -0.39 is 11.7 Å². The number of halogens is 3. The molecule has 1 N–H and O–H groups in total. The fraction of sp³-hybridized carbons (Fsp3) is 0.120. The normalized spacial score (nSPS) is 13.7. The fourth-order valence-electron chi connectivity index (χ4n) is 3.29. The monoisotopic (exact) mass is 436 g/mol. The predicted octanol–water partition coefficient (Wildman–Crippen LogP) is 5.90. The third kappa shape index (κ3) is 4.88. The maximum atomic E-state index is 12.8. The number of hydrogen-bond donors (Lipinski definition) is 1. The van der Waals surface area contributed by atoms with Crippen LogP contribution in [0.15, 0.2) is 77.8 Å². The molecule has 0 saturated heterocycles. The average Bonchev–Trinajstić information content (AvgIpc) is 3.32. The van der Waals surface area contributed by atoms with Gasteiger partial charge in [0.25, 0.3) is 5.91 Å². The molecule has 162 valence electrons. The molecule has 4 rings (SSSR count). The minimum absolute atomic E-state index is 0.269. The van der Waals surface area contributed by atoms with Crippen LogP contribution in [0.2, 0.25) is 0 Å². The maximum Gasteiger partial charge on any atom is 0.416 e. The summed E-state index contributed by atoms with van der Waals surface area (Å²) in [4.78, 5) is 17.1. The van der Waals surface area contributed by atoms with Gasteiger partial charge >= 0.3 is 6.18 Å². The number of amides is 1. The molecule has 0 saturated carbocycles. The predicted molar refractivity (Wildman–Crippen MR) is 119 cm³/mol. The smallest absolute Gasteiger partial charge is 0.416 e. The van der Waals surface area contributed by atoms with E-state index in [1.165, 1.54) is 12.1 Å². The summed E-state index contributed by atoms with van der Waals surface area (Å²) in [6.07, 6.45) is -0.906. The number of carbonyl (C=O) groups excluding carboxylic acids is 1. The number of aliphatic imine (C=N–C) groups is 1. The number of ether oxygens (including phenoxy) is 1. The third-order valence-corrected chi connectivity index (χ3v) is 4.87. The van der Waals surface area contributed by atoms with Crippen molar-refractivity contribution in [2.75, 3.05) is 18.5 Å². The van der Waals surface area contributed by atoms with E-state index in [4.69, 9.17) is 4.74 Å². The van der Waals surface area contributed by atoms with Crippen LogP contribution in [0.4, 0.5) is 18.9 Å². The molecule has 4 nitrogen and oxygen atoms in total. The Kier molecular flexibility index (Phi) is 6.07. The number of hydrogen-bond acceptors (Lipinski definition) is 3. The van der Waals surface area contributed by atoms with Crippen LogP contribution in [0.25, 0.3) is 12.2 Å². The lowest BCUT2D eigenvalue weighted by Gasteiger charge is -2.14. The van der Waals surface area contributed by atoms with E-state index in [9.17, 15) is 18.0 Å². The van der Waals surface area contributed by atoms with Crippen LogP contribution in [0.5, 0.6) is 0 Å². The summed E-state index contributed by atoms with van der Waals surface area (Å²) < 4.78 is 44.0. The van der Waals surface area contributed by atoms with Gasteiger partial charge in [0.15, 0.2) is 0 Å². The third-order valence-electron chi connectivity index (χ3n) is 4.87. The molecule has 0 spiro atoms. The van der Waals surface area contributed by atoms with Crippen LogP contribution in [0, 0.1) is 0 Å². The van der Waals surface area contributed by atoms with Crippen LogP contribution in [0.3, 0.4) is 0 Å². The highest BCUT2D eigenvalue weighted by Gasteiger charge is 2.29. The van der Waals surface area contributed by atoms with Gasteiger partial charge in [-0.1, -0.05) is 54.6 Å². The standard InChI is InChI=1S/C25H19F3N2O2/c26-25(27,28)20-13-10-17(11-14-20)9-12-18-7-4-8-21(22(18)24-29-15-16-32-24)30-23(31)19-5-2-1-3-6-19/h1-14H,15-16H2,(H,30,31)/b12-9+. The Hall–Kier alpha value is -3.87. The van der Waals surface area contributed by atoms with Crippen LogP contribution >= 0.6 is 0 Å². The first-order valence-corrected chi connectivity index (χ1v) is 9.94. The Balaban J connectivity index is 1.65. The second-order valence-corrected chi connectivity index (χ2v) is 7.08. The highest BCUT2D eigenvalue weighted by molar-refractivity contribution is 6.11. The van der Waals surface area contributed by atoms with Gasteiger partial charge in [-0.2, -0.15) is 13.2 Å². The van der Waals surface area contributed by atoms with Gasteiger partial charge < -0.3 is 10.1 Å². The van der Waals surface area contributed by atoms with Gasteiger partial charge in [0.2, 0.25) is 5.90 Å². The number of nitrogens with one attached hydrogen (secondary N) is 1. The number of anilines is 1. The Bertz CT molecular complexity index is 1170. The lowest BCUT2D eigenvalue weighted by molar-refractivity contribution is -0.137. The van der Waals surface area contributed by atoms with Crippen LogP contribution in [-0.2, 0) is 10.9 Å². The zero-order valence-corrected chi connectivity index (χ0v) is 16.9. The summed E-state index contributed by atoms with van der Waals surface area (Å²) in [6.45, 7) is 0.955. The number of rotatable bonds is 5. The van der Waals surface area contributed by atoms with Gasteiger partial charge in [0.1, 0.15) is 6.61 Å². The number of nitrogens with zero attached hydrogens (tertiary/aromatic N) is 1. The van der Waals surface area contributed by atoms with E-state index in [1.54, 1.807) is 48.6 Å². The van der Waals surface area contributed by atoms with Gasteiger partial charge in [-0.15, -0.1) is 0 Å². The largest absolute Gasteiger partial charge is 0.475 e. The van der Waals surface area contributed by atoms with Gasteiger partial charge in [-0.05, 0) is 41.5 Å². The molecular weight excluding hydrogens is 417 g/mol. The van der Waals surface area contributed by atoms with E-state index in [-0.39, 0.29) is 5.91 Å². The molecule has 1 heterocycles. The molecule has 1 amide bonds. The van der Waals surface area contributed by atoms with Crippen molar-refractivity contribution in [3.8, 4) is 0 Å². The van der Waals surface area contributed by atoms with Crippen molar-refractivity contribution in [2.24, 2.45) is 4.99 Å². The van der Waals surface area contributed by atoms with E-state index in [1.807, 2.05) is 12.1 Å². The number of benzene rings is 3. The summed E-state index contributed by atoms with van der Waals surface area (Å²) in [7, 11) is 0. The van der Waals surface area contributed by atoms with E-state index in [0.29, 0.717) is 41.4 Å². The first kappa shape index (κ1) is 21.4. The molecule has 3 aromatic rings. The molecule has 0 unspecified atom stereocenters. The zero-order valence-electron chi connectivity index (χ0n) is 16.9. The molecule has 0 fully saturated rings. The topological polar surface area (TPSA) is 50.7 Å². The van der Waals surface area contributed by atoms with Crippen molar-refractivity contribution >= 4 is 29.6 Å². The Labute approximate surface area is 183 Å². The minimum atomic E-state index is -4.38. The van der Waals surface area contributed by atoms with Crippen LogP contribution in [0.1, 0.15) is 32.6 Å². The second kappa shape index (κ2) is 9.09. The first-order valence-electron chi connectivity index (χ1n) is 9.94. The zero-order chi connectivity index (χ0) is 22.6. The SMILES string of the molecule is O=C(Nc1cccc(/C=C/c2ccc(C(F)(F)F)cc2)c1C1=NCCO1)c1ccccc1. The van der Waals surface area contributed by atoms with E-state index in [2.05, 4.69) is 10.3 Å². The lowest BCUT2D eigenvalue weighted by Crippen LogP contribution is -2.16. The molecule has 7 heteroatoms. The van der Waals surface area contributed by atoms with Gasteiger partial charge in [0, 0.05) is 5.56 Å². The molecule has 3 aromatic carbocycles. The Morgan fingerprint density at radius 1 is 0.938 bits per heavy atom. The summed E-state index contributed by atoms with van der Waals surface area (Å²) >= 11 is 0. The molecule has 0 aliphatic carbocycles. The molecule has 0 radical (unpaired) electrons. The summed E-state index contributed by atoms with van der Waals surface area (Å²) in [5.41, 5.74) is 2.30. The van der Waals surface area contributed by atoms with Gasteiger partial charge in [-0.25, -0.2) is 4.99 Å². The summed E-state index contributed by atoms with van der Waals surface area (Å²) in [5, 5.41) is 2.91. The molecule has 0 bridgehead atoms. The van der Waals surface area contributed by atoms with Crippen molar-refractivity contribution in [1.82, 2.24) is 0 Å². The van der Waals surface area contributed by atoms with Crippen molar-refractivity contribution in [3.05, 3.63) is 101 Å². The Morgan fingerprint density at radius 2 is 1.69 bits per heavy atom. The molecule has 1 aliphatic rings. The maximum absolute atomic E-state index is 12.8. The fourth-order valence-corrected chi connectivity index (χ4v) is 3.29. The van der Waals surface area contributed by atoms with Crippen LogP contribution in [-0.4, -0.2) is 25.0 Å². The summed E-state index contributed by atoms with van der Waals surface area (Å²) in [5.74, 6) is 0.148. The first-order chi connectivity index (χ1) is 15.4. The number of carbonyl (C=O) groups is 1. The van der Waals surface area contributed by atoms with Gasteiger partial charge in [0.05, 0.1) is 23.4 Å². The number of alkyl halides is 3. The van der Waals surface area contributed by atoms with Crippen molar-refractivity contribution < 1.29 is 22.7 Å². The molecule has 0 aromatic heterocycles. The lowest BCUT2D eigenvalue weighted by atomic mass is 10.0. The Morgan fingerprint density at radius 3 is 2.34 bits per heavy atom. The van der Waals surface area contributed by atoms with E-state index >= 15 is 0 Å². The van der Waals surface area contributed by atoms with Crippen LogP contribution < -0.4 is 5.32 Å². The highest BCUT2D eigenvalue weighted by Crippen LogP contribution is 2.30. The minimum Gasteiger partial charge on any atom is -0.475 e. The van der Waals surface area contributed by atoms with Crippen molar-refractivity contribution in [2.45, 2.75) is 6.18 Å². The van der Waals surface area contributed by atoms with Crippen molar-refractivity contribution in [3.63, 3.8) is 0 Å². The van der Waals surface area contributed by atoms with E-state index in [0.717, 1.165) is 17.7 Å². The highest BCUT2D eigenvalue weighted by atomic mass is 19.4. The summed E-state index contributed by atoms with van der Waals surface area (Å²) in [6, 6.07) is 19.1. The van der Waals surface area contributed by atoms with Gasteiger partial charge in [-0.3, -0.25) is 4.79 Å². The molecular formula is C25H19F3N2O2. The quantitative estimate of drug-likeness (QED) is 0.506. The average molecular weight is 436 g/mol. The molecule has 1 aliphatic heterocycles. The molecule has 32 heavy (non-hydrogen) atoms. The molecule has 0 atom stereocenters. The van der Waals surface area contributed by atoms with Crippen molar-refractivity contribution in [1.29, 1.82) is 0 Å². The second-order valence-electron chi connectivity index (χ2n) is 7.08.